The second kappa shape index (κ2) is 7.05. The van der Waals surface area contributed by atoms with Crippen molar-refractivity contribution in [2.45, 2.75) is 43.6 Å². The first-order valence-electron chi connectivity index (χ1n) is 8.66. The van der Waals surface area contributed by atoms with Gasteiger partial charge in [-0.15, -0.1) is 0 Å². The number of hydrogen-bond acceptors (Lipinski definition) is 4. The fourth-order valence-corrected chi connectivity index (χ4v) is 3.78. The zero-order valence-corrected chi connectivity index (χ0v) is 15.0. The van der Waals surface area contributed by atoms with E-state index in [9.17, 15) is 23.4 Å². The highest BCUT2D eigenvalue weighted by atomic mass is 19.4. The summed E-state index contributed by atoms with van der Waals surface area (Å²) in [6.07, 6.45) is -3.86. The summed E-state index contributed by atoms with van der Waals surface area (Å²) >= 11 is 0. The van der Waals surface area contributed by atoms with Gasteiger partial charge < -0.3 is 20.3 Å². The smallest absolute Gasteiger partial charge is 0.416 e. The molecule has 0 amide bonds. The number of halogens is 3. The molecule has 0 spiro atoms. The summed E-state index contributed by atoms with van der Waals surface area (Å²) < 4.78 is 43.6. The minimum atomic E-state index is -4.42. The molecule has 2 aromatic carbocycles. The standard InChI is InChI=1S/C20H22F3NO3/c1-12-10-19(26,13-6-8-14(9-7-13)20(21,22)23)11-16(24-12)15-4-3-5-17(27-2)18(15)25/h3-9,12,16,24-26H,10-11H2,1-2H3/t12-,16-,19?/m0/s1. The molecule has 3 atom stereocenters. The van der Waals surface area contributed by atoms with E-state index in [2.05, 4.69) is 5.32 Å². The molecule has 27 heavy (non-hydrogen) atoms. The largest absolute Gasteiger partial charge is 0.504 e. The molecule has 4 nitrogen and oxygen atoms in total. The Morgan fingerprint density at radius 3 is 2.37 bits per heavy atom. The van der Waals surface area contributed by atoms with Crippen LogP contribution in [0.2, 0.25) is 0 Å². The number of phenols is 1. The topological polar surface area (TPSA) is 61.7 Å². The number of aliphatic hydroxyl groups is 1. The third-order valence-electron chi connectivity index (χ3n) is 5.05. The van der Waals surface area contributed by atoms with Crippen molar-refractivity contribution in [1.29, 1.82) is 0 Å². The Morgan fingerprint density at radius 1 is 1.11 bits per heavy atom. The predicted molar refractivity (Wildman–Crippen MR) is 94.6 cm³/mol. The summed E-state index contributed by atoms with van der Waals surface area (Å²) in [6.45, 7) is 1.89. The number of hydrogen-bond donors (Lipinski definition) is 3. The molecule has 0 aliphatic carbocycles. The summed E-state index contributed by atoms with van der Waals surface area (Å²) in [4.78, 5) is 0. The summed E-state index contributed by atoms with van der Waals surface area (Å²) in [6, 6.07) is 9.24. The van der Waals surface area contributed by atoms with Crippen LogP contribution in [0.1, 0.15) is 42.5 Å². The Labute approximate surface area is 155 Å². The normalized spacial score (nSPS) is 26.0. The van der Waals surface area contributed by atoms with Crippen molar-refractivity contribution in [2.24, 2.45) is 0 Å². The van der Waals surface area contributed by atoms with E-state index in [-0.39, 0.29) is 24.3 Å². The number of methoxy groups -OCH3 is 1. The number of piperidine rings is 1. The monoisotopic (exact) mass is 381 g/mol. The zero-order valence-electron chi connectivity index (χ0n) is 15.0. The van der Waals surface area contributed by atoms with E-state index in [1.54, 1.807) is 18.2 Å². The average molecular weight is 381 g/mol. The van der Waals surface area contributed by atoms with E-state index in [1.807, 2.05) is 6.92 Å². The molecule has 0 saturated carbocycles. The molecule has 1 aliphatic heterocycles. The summed E-state index contributed by atoms with van der Waals surface area (Å²) in [7, 11) is 1.45. The van der Waals surface area contributed by atoms with E-state index in [0.29, 0.717) is 23.3 Å². The summed E-state index contributed by atoms with van der Waals surface area (Å²) in [5.74, 6) is 0.312. The molecule has 0 aromatic heterocycles. The SMILES string of the molecule is COc1cccc([C@@H]2CC(O)(c3ccc(C(F)(F)F)cc3)C[C@H](C)N2)c1O. The van der Waals surface area contributed by atoms with E-state index >= 15 is 0 Å². The maximum absolute atomic E-state index is 12.8. The lowest BCUT2D eigenvalue weighted by atomic mass is 9.77. The van der Waals surface area contributed by atoms with Crippen LogP contribution >= 0.6 is 0 Å². The molecule has 146 valence electrons. The fourth-order valence-electron chi connectivity index (χ4n) is 3.78. The van der Waals surface area contributed by atoms with Crippen LogP contribution in [-0.2, 0) is 11.8 Å². The van der Waals surface area contributed by atoms with Gasteiger partial charge in [0.25, 0.3) is 0 Å². The quantitative estimate of drug-likeness (QED) is 0.749. The van der Waals surface area contributed by atoms with Gasteiger partial charge in [0.05, 0.1) is 18.3 Å². The Bertz CT molecular complexity index is 807. The molecular formula is C20H22F3NO3. The highest BCUT2D eigenvalue weighted by molar-refractivity contribution is 5.47. The molecule has 3 N–H and O–H groups in total. The zero-order chi connectivity index (χ0) is 19.8. The minimum absolute atomic E-state index is 0.0126. The van der Waals surface area contributed by atoms with E-state index < -0.39 is 17.3 Å². The molecular weight excluding hydrogens is 359 g/mol. The van der Waals surface area contributed by atoms with Gasteiger partial charge in [0.15, 0.2) is 11.5 Å². The van der Waals surface area contributed by atoms with E-state index in [0.717, 1.165) is 12.1 Å². The van der Waals surface area contributed by atoms with Crippen LogP contribution in [0.3, 0.4) is 0 Å². The summed E-state index contributed by atoms with van der Waals surface area (Å²) in [5.41, 5.74) is -1.06. The maximum atomic E-state index is 12.8. The fraction of sp³-hybridized carbons (Fsp3) is 0.400. The average Bonchev–Trinajstić information content (AvgIpc) is 2.60. The van der Waals surface area contributed by atoms with Crippen LogP contribution in [0.5, 0.6) is 11.5 Å². The third-order valence-corrected chi connectivity index (χ3v) is 5.05. The van der Waals surface area contributed by atoms with Crippen molar-refractivity contribution in [3.05, 3.63) is 59.2 Å². The molecule has 0 radical (unpaired) electrons. The van der Waals surface area contributed by atoms with Crippen LogP contribution in [-0.4, -0.2) is 23.4 Å². The number of alkyl halides is 3. The minimum Gasteiger partial charge on any atom is -0.504 e. The number of ether oxygens (including phenoxy) is 1. The molecule has 1 heterocycles. The predicted octanol–water partition coefficient (Wildman–Crippen LogP) is 4.12. The Kier molecular flexibility index (Phi) is 5.10. The molecule has 2 aromatic rings. The number of benzene rings is 2. The first kappa shape index (κ1) is 19.5. The molecule has 1 aliphatic rings. The van der Waals surface area contributed by atoms with Gasteiger partial charge in [-0.25, -0.2) is 0 Å². The van der Waals surface area contributed by atoms with Gasteiger partial charge in [-0.1, -0.05) is 24.3 Å². The Morgan fingerprint density at radius 2 is 1.78 bits per heavy atom. The van der Waals surface area contributed by atoms with Crippen LogP contribution in [0, 0.1) is 0 Å². The van der Waals surface area contributed by atoms with Crippen molar-refractivity contribution in [1.82, 2.24) is 5.32 Å². The van der Waals surface area contributed by atoms with Crippen LogP contribution < -0.4 is 10.1 Å². The van der Waals surface area contributed by atoms with E-state index in [1.165, 1.54) is 19.2 Å². The van der Waals surface area contributed by atoms with Crippen molar-refractivity contribution >= 4 is 0 Å². The molecule has 1 fully saturated rings. The van der Waals surface area contributed by atoms with Gasteiger partial charge in [0, 0.05) is 17.6 Å². The molecule has 1 saturated heterocycles. The molecule has 3 rings (SSSR count). The first-order chi connectivity index (χ1) is 12.6. The Hall–Kier alpha value is -2.25. The van der Waals surface area contributed by atoms with Gasteiger partial charge >= 0.3 is 6.18 Å². The maximum Gasteiger partial charge on any atom is 0.416 e. The van der Waals surface area contributed by atoms with Gasteiger partial charge in [0.1, 0.15) is 0 Å². The number of aromatic hydroxyl groups is 1. The number of para-hydroxylation sites is 1. The van der Waals surface area contributed by atoms with Crippen molar-refractivity contribution in [3.8, 4) is 11.5 Å². The third kappa shape index (κ3) is 3.89. The first-order valence-corrected chi connectivity index (χ1v) is 8.66. The lowest BCUT2D eigenvalue weighted by molar-refractivity contribution is -0.137. The number of phenolic OH excluding ortho intramolecular Hbond substituents is 1. The highest BCUT2D eigenvalue weighted by Crippen LogP contribution is 2.44. The number of nitrogens with one attached hydrogen (secondary N) is 1. The molecule has 0 bridgehead atoms. The second-order valence-electron chi connectivity index (χ2n) is 7.03. The molecule has 7 heteroatoms. The lowest BCUT2D eigenvalue weighted by Gasteiger charge is -2.42. The van der Waals surface area contributed by atoms with Crippen molar-refractivity contribution < 1.29 is 28.1 Å². The molecule has 1 unspecified atom stereocenters. The lowest BCUT2D eigenvalue weighted by Crippen LogP contribution is -2.46. The van der Waals surface area contributed by atoms with Crippen molar-refractivity contribution in [2.75, 3.05) is 7.11 Å². The van der Waals surface area contributed by atoms with Crippen LogP contribution in [0.15, 0.2) is 42.5 Å². The van der Waals surface area contributed by atoms with Gasteiger partial charge in [-0.2, -0.15) is 13.2 Å². The number of rotatable bonds is 3. The second-order valence-corrected chi connectivity index (χ2v) is 7.03. The highest BCUT2D eigenvalue weighted by Gasteiger charge is 2.41. The van der Waals surface area contributed by atoms with Crippen LogP contribution in [0.4, 0.5) is 13.2 Å². The Balaban J connectivity index is 1.92. The van der Waals surface area contributed by atoms with Gasteiger partial charge in [0.2, 0.25) is 0 Å². The van der Waals surface area contributed by atoms with E-state index in [4.69, 9.17) is 4.74 Å². The van der Waals surface area contributed by atoms with Gasteiger partial charge in [-0.05, 0) is 43.5 Å². The van der Waals surface area contributed by atoms with Crippen molar-refractivity contribution in [3.63, 3.8) is 0 Å². The van der Waals surface area contributed by atoms with Crippen LogP contribution in [0.25, 0.3) is 0 Å². The summed E-state index contributed by atoms with van der Waals surface area (Å²) in [5, 5.41) is 25.0. The van der Waals surface area contributed by atoms with Gasteiger partial charge in [-0.3, -0.25) is 0 Å².